The molecule has 0 fully saturated rings. The number of nitrogens with two attached hydrogens (primary N) is 1. The molecular weight excluding hydrogens is 206 g/mol. The van der Waals surface area contributed by atoms with Crippen LogP contribution in [0.1, 0.15) is 19.8 Å². The van der Waals surface area contributed by atoms with E-state index in [-0.39, 0.29) is 31.5 Å². The van der Waals surface area contributed by atoms with E-state index < -0.39 is 13.0 Å². The predicted octanol–water partition coefficient (Wildman–Crippen LogP) is 0.200. The molecule has 0 aromatic rings. The van der Waals surface area contributed by atoms with Gasteiger partial charge in [-0.3, -0.25) is 4.79 Å². The summed E-state index contributed by atoms with van der Waals surface area (Å²) in [5, 5.41) is 8.61. The minimum absolute atomic E-state index is 0.0534. The maximum absolute atomic E-state index is 12.1. The van der Waals surface area contributed by atoms with Crippen LogP contribution in [0.3, 0.4) is 0 Å². The van der Waals surface area contributed by atoms with Crippen LogP contribution in [-0.2, 0) is 4.79 Å². The molecule has 1 unspecified atom stereocenters. The van der Waals surface area contributed by atoms with Crippen LogP contribution in [0.5, 0.6) is 0 Å². The van der Waals surface area contributed by atoms with Crippen LogP contribution in [-0.4, -0.2) is 48.1 Å². The van der Waals surface area contributed by atoms with Gasteiger partial charge in [0.15, 0.2) is 0 Å². The topological polar surface area (TPSA) is 66.6 Å². The third-order valence-electron chi connectivity index (χ3n) is 1.89. The van der Waals surface area contributed by atoms with Crippen LogP contribution in [0, 0.1) is 0 Å². The van der Waals surface area contributed by atoms with Crippen LogP contribution in [0.15, 0.2) is 0 Å². The van der Waals surface area contributed by atoms with E-state index in [1.807, 2.05) is 0 Å². The first-order valence-electron chi connectivity index (χ1n) is 4.89. The molecule has 1 amide bonds. The largest absolute Gasteiger partial charge is 0.395 e. The Labute approximate surface area is 88.0 Å². The number of amides is 1. The fourth-order valence-electron chi connectivity index (χ4n) is 1.11. The van der Waals surface area contributed by atoms with Gasteiger partial charge >= 0.3 is 0 Å². The molecule has 4 nitrogen and oxygen atoms in total. The number of carbonyl (C=O) groups excluding carboxylic acids is 1. The Bertz CT molecular complexity index is 189. The molecule has 0 aliphatic rings. The minimum Gasteiger partial charge on any atom is -0.395 e. The highest BCUT2D eigenvalue weighted by Crippen LogP contribution is 2.03. The normalized spacial score (nSPS) is 12.9. The molecule has 0 saturated heterocycles. The first-order chi connectivity index (χ1) is 6.97. The molecule has 0 aliphatic heterocycles. The number of halogens is 2. The molecule has 0 aliphatic carbocycles. The summed E-state index contributed by atoms with van der Waals surface area (Å²) in [7, 11) is 0. The van der Waals surface area contributed by atoms with Gasteiger partial charge in [-0.05, 0) is 13.3 Å². The third kappa shape index (κ3) is 7.21. The Balaban J connectivity index is 4.04. The quantitative estimate of drug-likeness (QED) is 0.649. The Morgan fingerprint density at radius 1 is 1.53 bits per heavy atom. The van der Waals surface area contributed by atoms with Crippen molar-refractivity contribution in [3.8, 4) is 0 Å². The number of rotatable bonds is 7. The van der Waals surface area contributed by atoms with E-state index in [0.717, 1.165) is 4.90 Å². The highest BCUT2D eigenvalue weighted by molar-refractivity contribution is 5.76. The van der Waals surface area contributed by atoms with Crippen molar-refractivity contribution in [2.75, 3.05) is 19.7 Å². The smallest absolute Gasteiger partial charge is 0.255 e. The molecular formula is C9H18F2N2O2. The van der Waals surface area contributed by atoms with Gasteiger partial charge in [0.2, 0.25) is 5.91 Å². The van der Waals surface area contributed by atoms with Gasteiger partial charge in [-0.15, -0.1) is 0 Å². The standard InChI is InChI=1S/C9H18F2N2O2/c1-7(12)2-3-9(15)13(4-5-14)6-8(10)11/h7-8,14H,2-6,12H2,1H3. The second-order valence-electron chi connectivity index (χ2n) is 3.47. The van der Waals surface area contributed by atoms with Crippen molar-refractivity contribution in [3.05, 3.63) is 0 Å². The summed E-state index contributed by atoms with van der Waals surface area (Å²) in [6, 6.07) is -0.128. The van der Waals surface area contributed by atoms with E-state index in [2.05, 4.69) is 0 Å². The summed E-state index contributed by atoms with van der Waals surface area (Å²) >= 11 is 0. The molecule has 0 aromatic carbocycles. The highest BCUT2D eigenvalue weighted by Gasteiger charge is 2.17. The third-order valence-corrected chi connectivity index (χ3v) is 1.89. The Morgan fingerprint density at radius 2 is 2.13 bits per heavy atom. The van der Waals surface area contributed by atoms with Crippen LogP contribution in [0.25, 0.3) is 0 Å². The lowest BCUT2D eigenvalue weighted by Gasteiger charge is -2.21. The van der Waals surface area contributed by atoms with Gasteiger partial charge in [0.25, 0.3) is 6.43 Å². The molecule has 0 spiro atoms. The van der Waals surface area contributed by atoms with Crippen molar-refractivity contribution in [3.63, 3.8) is 0 Å². The first kappa shape index (κ1) is 14.2. The number of hydrogen-bond acceptors (Lipinski definition) is 3. The molecule has 0 aromatic heterocycles. The van der Waals surface area contributed by atoms with Crippen molar-refractivity contribution >= 4 is 5.91 Å². The SMILES string of the molecule is CC(N)CCC(=O)N(CCO)CC(F)F. The Morgan fingerprint density at radius 3 is 2.53 bits per heavy atom. The summed E-state index contributed by atoms with van der Waals surface area (Å²) in [5.41, 5.74) is 5.45. The molecule has 1 atom stereocenters. The summed E-state index contributed by atoms with van der Waals surface area (Å²) < 4.78 is 24.1. The van der Waals surface area contributed by atoms with Gasteiger partial charge < -0.3 is 15.7 Å². The van der Waals surface area contributed by atoms with Gasteiger partial charge in [0.1, 0.15) is 0 Å². The number of alkyl halides is 2. The second kappa shape index (κ2) is 7.53. The number of aliphatic hydroxyl groups excluding tert-OH is 1. The number of nitrogens with zero attached hydrogens (tertiary/aromatic N) is 1. The zero-order valence-electron chi connectivity index (χ0n) is 8.83. The number of hydrogen-bond donors (Lipinski definition) is 2. The first-order valence-corrected chi connectivity index (χ1v) is 4.89. The molecule has 0 radical (unpaired) electrons. The zero-order valence-corrected chi connectivity index (χ0v) is 8.83. The van der Waals surface area contributed by atoms with E-state index >= 15 is 0 Å². The summed E-state index contributed by atoms with van der Waals surface area (Å²) in [6.45, 7) is 0.758. The van der Waals surface area contributed by atoms with Crippen molar-refractivity contribution < 1.29 is 18.7 Å². The summed E-state index contributed by atoms with van der Waals surface area (Å²) in [5.74, 6) is -0.387. The Kier molecular flexibility index (Phi) is 7.15. The van der Waals surface area contributed by atoms with Crippen LogP contribution >= 0.6 is 0 Å². The average Bonchev–Trinajstić information content (AvgIpc) is 2.12. The molecule has 15 heavy (non-hydrogen) atoms. The van der Waals surface area contributed by atoms with Gasteiger partial charge in [-0.25, -0.2) is 8.78 Å². The minimum atomic E-state index is -2.57. The molecule has 0 rings (SSSR count). The average molecular weight is 224 g/mol. The maximum Gasteiger partial charge on any atom is 0.255 e. The fraction of sp³-hybridized carbons (Fsp3) is 0.889. The van der Waals surface area contributed by atoms with Crippen molar-refractivity contribution in [2.24, 2.45) is 5.73 Å². The maximum atomic E-state index is 12.1. The van der Waals surface area contributed by atoms with Gasteiger partial charge in [-0.1, -0.05) is 0 Å². The van der Waals surface area contributed by atoms with Gasteiger partial charge in [0.05, 0.1) is 13.2 Å². The van der Waals surface area contributed by atoms with Crippen LogP contribution in [0.2, 0.25) is 0 Å². The van der Waals surface area contributed by atoms with E-state index in [1.54, 1.807) is 6.92 Å². The molecule has 6 heteroatoms. The lowest BCUT2D eigenvalue weighted by molar-refractivity contribution is -0.133. The molecule has 0 bridgehead atoms. The number of aliphatic hydroxyl groups is 1. The van der Waals surface area contributed by atoms with Crippen molar-refractivity contribution in [1.29, 1.82) is 0 Å². The van der Waals surface area contributed by atoms with Gasteiger partial charge in [0, 0.05) is 19.0 Å². The van der Waals surface area contributed by atoms with E-state index in [9.17, 15) is 13.6 Å². The molecule has 90 valence electrons. The molecule has 3 N–H and O–H groups in total. The zero-order chi connectivity index (χ0) is 11.8. The lowest BCUT2D eigenvalue weighted by Crippen LogP contribution is -2.37. The van der Waals surface area contributed by atoms with Crippen LogP contribution in [0.4, 0.5) is 8.78 Å². The summed E-state index contributed by atoms with van der Waals surface area (Å²) in [6.07, 6.45) is -1.97. The van der Waals surface area contributed by atoms with E-state index in [0.29, 0.717) is 6.42 Å². The molecule has 0 saturated carbocycles. The van der Waals surface area contributed by atoms with E-state index in [4.69, 9.17) is 10.8 Å². The summed E-state index contributed by atoms with van der Waals surface area (Å²) in [4.78, 5) is 12.4. The monoisotopic (exact) mass is 224 g/mol. The van der Waals surface area contributed by atoms with E-state index in [1.165, 1.54) is 0 Å². The Hall–Kier alpha value is -0.750. The predicted molar refractivity (Wildman–Crippen MR) is 52.6 cm³/mol. The highest BCUT2D eigenvalue weighted by atomic mass is 19.3. The number of carbonyl (C=O) groups is 1. The lowest BCUT2D eigenvalue weighted by atomic mass is 10.2. The fourth-order valence-corrected chi connectivity index (χ4v) is 1.11. The van der Waals surface area contributed by atoms with Gasteiger partial charge in [-0.2, -0.15) is 0 Å². The van der Waals surface area contributed by atoms with Crippen molar-refractivity contribution in [1.82, 2.24) is 4.90 Å². The van der Waals surface area contributed by atoms with Crippen LogP contribution < -0.4 is 5.73 Å². The second-order valence-corrected chi connectivity index (χ2v) is 3.47. The van der Waals surface area contributed by atoms with Crippen molar-refractivity contribution in [2.45, 2.75) is 32.2 Å². The molecule has 0 heterocycles.